The molecule has 4 heteroatoms. The molecule has 0 aliphatic heterocycles. The van der Waals surface area contributed by atoms with E-state index in [9.17, 15) is 4.79 Å². The van der Waals surface area contributed by atoms with Crippen LogP contribution in [-0.2, 0) is 4.74 Å². The summed E-state index contributed by atoms with van der Waals surface area (Å²) in [6.45, 7) is 2.03. The number of fused-ring (bicyclic) bond motifs is 1. The van der Waals surface area contributed by atoms with Gasteiger partial charge in [0.15, 0.2) is 6.19 Å². The van der Waals surface area contributed by atoms with E-state index >= 15 is 0 Å². The van der Waals surface area contributed by atoms with Crippen LogP contribution in [-0.4, -0.2) is 17.1 Å². The Morgan fingerprint density at radius 3 is 2.94 bits per heavy atom. The summed E-state index contributed by atoms with van der Waals surface area (Å²) in [5, 5.41) is 9.88. The number of hydrogen-bond acceptors (Lipinski definition) is 3. The minimum atomic E-state index is -0.472. The van der Waals surface area contributed by atoms with Crippen LogP contribution in [0.4, 0.5) is 0 Å². The molecule has 1 aromatic carbocycles. The van der Waals surface area contributed by atoms with E-state index in [0.29, 0.717) is 12.1 Å². The van der Waals surface area contributed by atoms with Crippen LogP contribution in [0.25, 0.3) is 10.9 Å². The van der Waals surface area contributed by atoms with Gasteiger partial charge in [0, 0.05) is 5.39 Å². The number of rotatable bonds is 2. The Morgan fingerprint density at radius 2 is 2.25 bits per heavy atom. The second-order valence-corrected chi connectivity index (χ2v) is 3.24. The van der Waals surface area contributed by atoms with E-state index in [2.05, 4.69) is 0 Å². The molecule has 0 N–H and O–H groups in total. The fraction of sp³-hybridized carbons (Fsp3) is 0.167. The molecule has 0 saturated heterocycles. The van der Waals surface area contributed by atoms with E-state index in [-0.39, 0.29) is 5.69 Å². The van der Waals surface area contributed by atoms with Crippen LogP contribution < -0.4 is 0 Å². The van der Waals surface area contributed by atoms with Crippen molar-refractivity contribution in [2.75, 3.05) is 6.61 Å². The van der Waals surface area contributed by atoms with Gasteiger partial charge < -0.3 is 4.74 Å². The number of ether oxygens (including phenoxy) is 1. The van der Waals surface area contributed by atoms with Crippen LogP contribution in [0.5, 0.6) is 0 Å². The van der Waals surface area contributed by atoms with E-state index in [4.69, 9.17) is 10.00 Å². The molecule has 0 saturated carbocycles. The van der Waals surface area contributed by atoms with Crippen LogP contribution >= 0.6 is 0 Å². The highest BCUT2D eigenvalue weighted by atomic mass is 16.5. The van der Waals surface area contributed by atoms with Gasteiger partial charge in [0.25, 0.3) is 0 Å². The number of nitrogens with zero attached hydrogens (tertiary/aromatic N) is 2. The lowest BCUT2D eigenvalue weighted by Gasteiger charge is -2.00. The molecule has 0 aliphatic carbocycles. The predicted molar refractivity (Wildman–Crippen MR) is 58.9 cm³/mol. The molecular weight excluding hydrogens is 204 g/mol. The Balaban J connectivity index is 2.62. The molecule has 2 aromatic rings. The number of benzene rings is 1. The smallest absolute Gasteiger partial charge is 0.356 e. The van der Waals surface area contributed by atoms with Gasteiger partial charge in [0.2, 0.25) is 0 Å². The van der Waals surface area contributed by atoms with E-state index in [1.165, 1.54) is 4.57 Å². The van der Waals surface area contributed by atoms with Crippen molar-refractivity contribution in [3.63, 3.8) is 0 Å². The Kier molecular flexibility index (Phi) is 2.61. The van der Waals surface area contributed by atoms with E-state index in [1.54, 1.807) is 19.1 Å². The number of carbonyl (C=O) groups excluding carboxylic acids is 1. The molecule has 16 heavy (non-hydrogen) atoms. The molecule has 0 atom stereocenters. The standard InChI is InChI=1S/C12H10N2O2/c1-2-16-12(15)11-7-9-5-3-4-6-10(9)14(11)8-13/h3-7H,2H2,1H3. The molecule has 80 valence electrons. The van der Waals surface area contributed by atoms with Crippen molar-refractivity contribution in [2.45, 2.75) is 6.92 Å². The zero-order chi connectivity index (χ0) is 11.5. The summed E-state index contributed by atoms with van der Waals surface area (Å²) >= 11 is 0. The van der Waals surface area contributed by atoms with Crippen molar-refractivity contribution >= 4 is 16.9 Å². The fourth-order valence-electron chi connectivity index (χ4n) is 1.62. The van der Waals surface area contributed by atoms with Gasteiger partial charge in [-0.05, 0) is 19.1 Å². The van der Waals surface area contributed by atoms with E-state index < -0.39 is 5.97 Å². The molecule has 2 rings (SSSR count). The highest BCUT2D eigenvalue weighted by Crippen LogP contribution is 2.19. The second kappa shape index (κ2) is 4.07. The van der Waals surface area contributed by atoms with Crippen molar-refractivity contribution in [1.82, 2.24) is 4.57 Å². The number of para-hydroxylation sites is 1. The highest BCUT2D eigenvalue weighted by Gasteiger charge is 2.15. The third kappa shape index (κ3) is 1.52. The molecule has 1 aromatic heterocycles. The molecule has 1 heterocycles. The fourth-order valence-corrected chi connectivity index (χ4v) is 1.62. The number of aromatic nitrogens is 1. The lowest BCUT2D eigenvalue weighted by atomic mass is 10.2. The SMILES string of the molecule is CCOC(=O)c1cc2ccccc2n1C#N. The number of nitriles is 1. The minimum Gasteiger partial charge on any atom is -0.461 e. The topological polar surface area (TPSA) is 55.0 Å². The zero-order valence-corrected chi connectivity index (χ0v) is 8.80. The normalized spacial score (nSPS) is 10.0. The number of carbonyl (C=O) groups is 1. The largest absolute Gasteiger partial charge is 0.461 e. The van der Waals surface area contributed by atoms with Gasteiger partial charge in [-0.25, -0.2) is 9.36 Å². The monoisotopic (exact) mass is 214 g/mol. The van der Waals surface area contributed by atoms with Crippen molar-refractivity contribution in [1.29, 1.82) is 5.26 Å². The maximum atomic E-state index is 11.6. The summed E-state index contributed by atoms with van der Waals surface area (Å²) in [5.41, 5.74) is 0.985. The lowest BCUT2D eigenvalue weighted by Crippen LogP contribution is -2.09. The second-order valence-electron chi connectivity index (χ2n) is 3.24. The Hall–Kier alpha value is -2.28. The summed E-state index contributed by atoms with van der Waals surface area (Å²) in [6, 6.07) is 8.99. The number of hydrogen-bond donors (Lipinski definition) is 0. The van der Waals surface area contributed by atoms with Gasteiger partial charge in [-0.1, -0.05) is 18.2 Å². The molecule has 0 fully saturated rings. The van der Waals surface area contributed by atoms with Crippen LogP contribution in [0.2, 0.25) is 0 Å². The first-order valence-electron chi connectivity index (χ1n) is 4.95. The van der Waals surface area contributed by atoms with Crippen molar-refractivity contribution < 1.29 is 9.53 Å². The van der Waals surface area contributed by atoms with Crippen LogP contribution in [0.3, 0.4) is 0 Å². The van der Waals surface area contributed by atoms with Crippen LogP contribution in [0.1, 0.15) is 17.4 Å². The van der Waals surface area contributed by atoms with Gasteiger partial charge >= 0.3 is 5.97 Å². The molecule has 0 spiro atoms. The minimum absolute atomic E-state index is 0.269. The van der Waals surface area contributed by atoms with E-state index in [1.807, 2.05) is 24.4 Å². The maximum absolute atomic E-state index is 11.6. The Bertz CT molecular complexity index is 578. The Labute approximate surface area is 92.7 Å². The molecule has 4 nitrogen and oxygen atoms in total. The van der Waals surface area contributed by atoms with E-state index in [0.717, 1.165) is 5.39 Å². The lowest BCUT2D eigenvalue weighted by molar-refractivity contribution is 0.0518. The molecule has 0 bridgehead atoms. The first-order chi connectivity index (χ1) is 7.77. The molecule has 0 unspecified atom stereocenters. The van der Waals surface area contributed by atoms with Crippen LogP contribution in [0.15, 0.2) is 30.3 Å². The average Bonchev–Trinajstić information content (AvgIpc) is 2.67. The van der Waals surface area contributed by atoms with Crippen molar-refractivity contribution in [3.05, 3.63) is 36.0 Å². The third-order valence-corrected chi connectivity index (χ3v) is 2.30. The van der Waals surface area contributed by atoms with Gasteiger partial charge in [-0.2, -0.15) is 5.26 Å². The number of esters is 1. The first kappa shape index (κ1) is 10.2. The van der Waals surface area contributed by atoms with Crippen LogP contribution in [0, 0.1) is 11.5 Å². The summed E-state index contributed by atoms with van der Waals surface area (Å²) < 4.78 is 6.17. The van der Waals surface area contributed by atoms with Gasteiger partial charge in [0.1, 0.15) is 5.69 Å². The summed E-state index contributed by atoms with van der Waals surface area (Å²) in [4.78, 5) is 11.6. The third-order valence-electron chi connectivity index (χ3n) is 2.30. The highest BCUT2D eigenvalue weighted by molar-refractivity contribution is 5.96. The quantitative estimate of drug-likeness (QED) is 0.720. The predicted octanol–water partition coefficient (Wildman–Crippen LogP) is 2.15. The molecule has 0 radical (unpaired) electrons. The van der Waals surface area contributed by atoms with Crippen molar-refractivity contribution in [2.24, 2.45) is 0 Å². The Morgan fingerprint density at radius 1 is 1.50 bits per heavy atom. The van der Waals surface area contributed by atoms with Gasteiger partial charge in [-0.3, -0.25) is 0 Å². The molecular formula is C12H10N2O2. The molecule has 0 aliphatic rings. The van der Waals surface area contributed by atoms with Gasteiger partial charge in [0.05, 0.1) is 12.1 Å². The summed E-state index contributed by atoms with van der Waals surface area (Å²) in [6.07, 6.45) is 1.97. The van der Waals surface area contributed by atoms with Crippen molar-refractivity contribution in [3.8, 4) is 6.19 Å². The summed E-state index contributed by atoms with van der Waals surface area (Å²) in [7, 11) is 0. The average molecular weight is 214 g/mol. The van der Waals surface area contributed by atoms with Gasteiger partial charge in [-0.15, -0.1) is 0 Å². The summed E-state index contributed by atoms with van der Waals surface area (Å²) in [5.74, 6) is -0.472. The first-order valence-corrected chi connectivity index (χ1v) is 4.95. The zero-order valence-electron chi connectivity index (χ0n) is 8.80. The maximum Gasteiger partial charge on any atom is 0.356 e. The molecule has 0 amide bonds.